The third kappa shape index (κ3) is 4.13. The largest absolute Gasteiger partial charge is 0.378 e. The highest BCUT2D eigenvalue weighted by molar-refractivity contribution is 5.88. The third-order valence-corrected chi connectivity index (χ3v) is 3.34. The zero-order valence-corrected chi connectivity index (χ0v) is 12.8. The highest BCUT2D eigenvalue weighted by Crippen LogP contribution is 2.18. The Labute approximate surface area is 133 Å². The molecule has 23 heavy (non-hydrogen) atoms. The number of amides is 1. The molecule has 8 heteroatoms. The maximum absolute atomic E-state index is 11.0. The van der Waals surface area contributed by atoms with Crippen LogP contribution in [0.3, 0.4) is 0 Å². The molecule has 2 aromatic rings. The Morgan fingerprint density at radius 3 is 2.57 bits per heavy atom. The Hall–Kier alpha value is -2.74. The molecule has 1 aromatic carbocycles. The van der Waals surface area contributed by atoms with Gasteiger partial charge in [0.25, 0.3) is 0 Å². The van der Waals surface area contributed by atoms with Crippen molar-refractivity contribution >= 4 is 29.0 Å². The van der Waals surface area contributed by atoms with E-state index >= 15 is 0 Å². The number of morpholine rings is 1. The molecule has 0 radical (unpaired) electrons. The molecule has 2 heterocycles. The number of carbonyl (C=O) groups is 1. The molecular weight excluding hydrogens is 296 g/mol. The Morgan fingerprint density at radius 1 is 1.17 bits per heavy atom. The fourth-order valence-corrected chi connectivity index (χ4v) is 2.26. The van der Waals surface area contributed by atoms with Crippen LogP contribution in [-0.4, -0.2) is 47.4 Å². The molecular formula is C15H18N6O2. The number of anilines is 4. The van der Waals surface area contributed by atoms with Crippen LogP contribution in [0.15, 0.2) is 30.5 Å². The highest BCUT2D eigenvalue weighted by atomic mass is 16.5. The van der Waals surface area contributed by atoms with E-state index in [4.69, 9.17) is 4.74 Å². The van der Waals surface area contributed by atoms with Crippen molar-refractivity contribution in [2.45, 2.75) is 6.92 Å². The summed E-state index contributed by atoms with van der Waals surface area (Å²) in [5.74, 6) is 1.11. The van der Waals surface area contributed by atoms with Crippen molar-refractivity contribution in [1.29, 1.82) is 0 Å². The van der Waals surface area contributed by atoms with E-state index in [2.05, 4.69) is 30.7 Å². The topological polar surface area (TPSA) is 92.3 Å². The van der Waals surface area contributed by atoms with E-state index in [9.17, 15) is 4.79 Å². The number of hydrogen-bond donors (Lipinski definition) is 2. The lowest BCUT2D eigenvalue weighted by molar-refractivity contribution is -0.114. The molecule has 0 spiro atoms. The van der Waals surface area contributed by atoms with Crippen LogP contribution >= 0.6 is 0 Å². The molecule has 3 rings (SSSR count). The van der Waals surface area contributed by atoms with Gasteiger partial charge in [-0.1, -0.05) is 0 Å². The lowest BCUT2D eigenvalue weighted by atomic mass is 10.3. The minimum Gasteiger partial charge on any atom is -0.378 e. The molecule has 120 valence electrons. The highest BCUT2D eigenvalue weighted by Gasteiger charge is 2.13. The first kappa shape index (κ1) is 15.2. The predicted molar refractivity (Wildman–Crippen MR) is 86.9 cm³/mol. The number of nitrogens with zero attached hydrogens (tertiary/aromatic N) is 4. The van der Waals surface area contributed by atoms with Crippen LogP contribution in [0.5, 0.6) is 0 Å². The standard InChI is InChI=1S/C15H18N6O2/c1-11(22)17-12-2-4-13(5-3-12)18-15-19-14(10-16-20-15)21-6-8-23-9-7-21/h2-5,10H,6-9H2,1H3,(H,17,22)(H,18,19,20). The van der Waals surface area contributed by atoms with E-state index < -0.39 is 0 Å². The first-order valence-electron chi connectivity index (χ1n) is 7.38. The van der Waals surface area contributed by atoms with Crippen LogP contribution in [0, 0.1) is 0 Å². The van der Waals surface area contributed by atoms with Gasteiger partial charge in [0.2, 0.25) is 11.9 Å². The summed E-state index contributed by atoms with van der Waals surface area (Å²) in [6, 6.07) is 7.30. The van der Waals surface area contributed by atoms with E-state index in [1.54, 1.807) is 6.20 Å². The molecule has 1 saturated heterocycles. The van der Waals surface area contributed by atoms with Gasteiger partial charge < -0.3 is 20.3 Å². The number of aromatic nitrogens is 3. The first-order chi connectivity index (χ1) is 11.2. The van der Waals surface area contributed by atoms with Crippen LogP contribution in [0.1, 0.15) is 6.92 Å². The number of nitrogens with one attached hydrogen (secondary N) is 2. The van der Waals surface area contributed by atoms with E-state index in [0.717, 1.165) is 30.3 Å². The smallest absolute Gasteiger partial charge is 0.249 e. The first-order valence-corrected chi connectivity index (χ1v) is 7.38. The zero-order chi connectivity index (χ0) is 16.1. The van der Waals surface area contributed by atoms with Gasteiger partial charge in [0, 0.05) is 31.4 Å². The lowest BCUT2D eigenvalue weighted by Crippen LogP contribution is -2.36. The second kappa shape index (κ2) is 7.01. The van der Waals surface area contributed by atoms with Crippen molar-refractivity contribution in [1.82, 2.24) is 15.2 Å². The van der Waals surface area contributed by atoms with E-state index in [1.165, 1.54) is 6.92 Å². The molecule has 0 bridgehead atoms. The monoisotopic (exact) mass is 314 g/mol. The van der Waals surface area contributed by atoms with Gasteiger partial charge in [-0.2, -0.15) is 10.1 Å². The molecule has 2 N–H and O–H groups in total. The normalized spacial score (nSPS) is 14.4. The van der Waals surface area contributed by atoms with E-state index in [0.29, 0.717) is 19.2 Å². The van der Waals surface area contributed by atoms with Gasteiger partial charge in [-0.05, 0) is 24.3 Å². The van der Waals surface area contributed by atoms with Crippen molar-refractivity contribution in [2.24, 2.45) is 0 Å². The quantitative estimate of drug-likeness (QED) is 0.881. The SMILES string of the molecule is CC(=O)Nc1ccc(Nc2nncc(N3CCOCC3)n2)cc1. The van der Waals surface area contributed by atoms with Crippen LogP contribution in [0.2, 0.25) is 0 Å². The van der Waals surface area contributed by atoms with Gasteiger partial charge >= 0.3 is 0 Å². The molecule has 0 aliphatic carbocycles. The summed E-state index contributed by atoms with van der Waals surface area (Å²) in [6.07, 6.45) is 1.65. The second-order valence-corrected chi connectivity index (χ2v) is 5.12. The van der Waals surface area contributed by atoms with Gasteiger partial charge in [-0.15, -0.1) is 5.10 Å². The van der Waals surface area contributed by atoms with Crippen LogP contribution in [-0.2, 0) is 9.53 Å². The molecule has 0 atom stereocenters. The molecule has 0 saturated carbocycles. The van der Waals surface area contributed by atoms with E-state index in [1.807, 2.05) is 24.3 Å². The molecule has 1 aliphatic rings. The summed E-state index contributed by atoms with van der Waals surface area (Å²) in [6.45, 7) is 4.45. The Kier molecular flexibility index (Phi) is 4.62. The van der Waals surface area contributed by atoms with Crippen molar-refractivity contribution in [3.63, 3.8) is 0 Å². The average Bonchev–Trinajstić information content (AvgIpc) is 2.57. The number of carbonyl (C=O) groups excluding carboxylic acids is 1. The summed E-state index contributed by atoms with van der Waals surface area (Å²) in [5.41, 5.74) is 1.56. The van der Waals surface area contributed by atoms with Gasteiger partial charge in [0.1, 0.15) is 0 Å². The Balaban J connectivity index is 1.68. The maximum atomic E-state index is 11.0. The number of benzene rings is 1. The third-order valence-electron chi connectivity index (χ3n) is 3.34. The van der Waals surface area contributed by atoms with Gasteiger partial charge in [-0.3, -0.25) is 4.79 Å². The van der Waals surface area contributed by atoms with E-state index in [-0.39, 0.29) is 5.91 Å². The molecule has 1 amide bonds. The number of hydrogen-bond acceptors (Lipinski definition) is 7. The molecule has 8 nitrogen and oxygen atoms in total. The predicted octanol–water partition coefficient (Wildman–Crippen LogP) is 1.41. The lowest BCUT2D eigenvalue weighted by Gasteiger charge is -2.27. The van der Waals surface area contributed by atoms with Gasteiger partial charge in [0.15, 0.2) is 5.82 Å². The summed E-state index contributed by atoms with van der Waals surface area (Å²) in [4.78, 5) is 17.6. The maximum Gasteiger partial charge on any atom is 0.249 e. The minimum absolute atomic E-state index is 0.101. The van der Waals surface area contributed by atoms with Crippen molar-refractivity contribution < 1.29 is 9.53 Å². The minimum atomic E-state index is -0.101. The second-order valence-electron chi connectivity index (χ2n) is 5.12. The number of ether oxygens (including phenoxy) is 1. The van der Waals surface area contributed by atoms with Crippen LogP contribution in [0.25, 0.3) is 0 Å². The molecule has 0 unspecified atom stereocenters. The summed E-state index contributed by atoms with van der Waals surface area (Å²) < 4.78 is 5.33. The molecule has 1 fully saturated rings. The fraction of sp³-hybridized carbons (Fsp3) is 0.333. The van der Waals surface area contributed by atoms with Gasteiger partial charge in [0.05, 0.1) is 19.4 Å². The molecule has 1 aromatic heterocycles. The van der Waals surface area contributed by atoms with Crippen molar-refractivity contribution in [2.75, 3.05) is 41.8 Å². The summed E-state index contributed by atoms with van der Waals surface area (Å²) >= 11 is 0. The molecule has 1 aliphatic heterocycles. The van der Waals surface area contributed by atoms with Crippen molar-refractivity contribution in [3.05, 3.63) is 30.5 Å². The fourth-order valence-electron chi connectivity index (χ4n) is 2.26. The Bertz CT molecular complexity index is 670. The number of rotatable bonds is 4. The average molecular weight is 314 g/mol. The van der Waals surface area contributed by atoms with Crippen LogP contribution < -0.4 is 15.5 Å². The summed E-state index contributed by atoms with van der Waals surface area (Å²) in [5, 5.41) is 13.8. The zero-order valence-electron chi connectivity index (χ0n) is 12.8. The Morgan fingerprint density at radius 2 is 1.87 bits per heavy atom. The van der Waals surface area contributed by atoms with Crippen LogP contribution in [0.4, 0.5) is 23.1 Å². The van der Waals surface area contributed by atoms with Gasteiger partial charge in [-0.25, -0.2) is 0 Å². The summed E-state index contributed by atoms with van der Waals surface area (Å²) in [7, 11) is 0. The van der Waals surface area contributed by atoms with Crippen molar-refractivity contribution in [3.8, 4) is 0 Å².